The first kappa shape index (κ1) is 17.9. The number of nitrogens with zero attached hydrogens (tertiary/aromatic N) is 4. The summed E-state index contributed by atoms with van der Waals surface area (Å²) in [5, 5.41) is 10.8. The number of hydrogen-bond acceptors (Lipinski definition) is 5. The second-order valence-electron chi connectivity index (χ2n) is 5.00. The van der Waals surface area contributed by atoms with Crippen LogP contribution in [0.1, 0.15) is 17.9 Å². The highest BCUT2D eigenvalue weighted by Crippen LogP contribution is 2.25. The summed E-state index contributed by atoms with van der Waals surface area (Å²) in [7, 11) is -2.92. The van der Waals surface area contributed by atoms with Crippen LogP contribution in [0.5, 0.6) is 0 Å². The van der Waals surface area contributed by atoms with Crippen molar-refractivity contribution in [2.24, 2.45) is 0 Å². The van der Waals surface area contributed by atoms with Crippen LogP contribution >= 0.6 is 0 Å². The van der Waals surface area contributed by atoms with Crippen LogP contribution in [0.4, 0.5) is 14.5 Å². The summed E-state index contributed by atoms with van der Waals surface area (Å²) >= 11 is 0. The van der Waals surface area contributed by atoms with Crippen LogP contribution in [0.15, 0.2) is 35.5 Å². The number of sulfonamides is 1. The number of halogens is 2. The molecular weight excluding hydrogens is 346 g/mol. The number of imidazole rings is 1. The summed E-state index contributed by atoms with van der Waals surface area (Å²) in [6, 6.07) is 3.46. The van der Waals surface area contributed by atoms with Gasteiger partial charge < -0.3 is 0 Å². The number of nitro groups is 1. The molecule has 0 radical (unpaired) electrons. The molecule has 1 aromatic heterocycles. The maximum Gasteiger partial charge on any atom is 0.319 e. The zero-order chi connectivity index (χ0) is 18.1. The lowest BCUT2D eigenvalue weighted by Gasteiger charge is -2.18. The molecule has 130 valence electrons. The molecule has 2 rings (SSSR count). The molecule has 0 aliphatic heterocycles. The number of benzene rings is 1. The van der Waals surface area contributed by atoms with Gasteiger partial charge in [-0.3, -0.25) is 14.7 Å². The molecule has 0 unspecified atom stereocenters. The van der Waals surface area contributed by atoms with E-state index < -0.39 is 28.0 Å². The predicted molar refractivity (Wildman–Crippen MR) is 80.0 cm³/mol. The van der Waals surface area contributed by atoms with Gasteiger partial charge in [-0.05, 0) is 12.5 Å². The van der Waals surface area contributed by atoms with E-state index in [4.69, 9.17) is 0 Å². The van der Waals surface area contributed by atoms with Crippen molar-refractivity contribution in [1.29, 1.82) is 0 Å². The molecule has 0 saturated carbocycles. The molecule has 1 aromatic carbocycles. The molecule has 0 aliphatic rings. The fraction of sp³-hybridized carbons (Fsp3) is 0.308. The normalized spacial score (nSPS) is 12.1. The minimum atomic E-state index is -4.11. The minimum absolute atomic E-state index is 0.140. The van der Waals surface area contributed by atoms with E-state index in [2.05, 4.69) is 4.98 Å². The SMILES string of the molecule is Cc1ccc([N+](=O)[O-])cc1S(=O)(=O)N(C)Cc1nccn1C(F)F. The standard InChI is InChI=1S/C13H14F2N4O4S/c1-9-3-4-10(19(20)21)7-11(9)24(22,23)17(2)8-12-16-5-6-18(12)13(14)15/h3-7,13H,8H2,1-2H3. The number of hydrogen-bond donors (Lipinski definition) is 0. The van der Waals surface area contributed by atoms with Crippen LogP contribution in [0.3, 0.4) is 0 Å². The molecule has 11 heteroatoms. The van der Waals surface area contributed by atoms with Crippen LogP contribution in [0.2, 0.25) is 0 Å². The van der Waals surface area contributed by atoms with E-state index in [-0.39, 0.29) is 16.4 Å². The number of nitro benzene ring substituents is 1. The average molecular weight is 360 g/mol. The Kier molecular flexibility index (Phi) is 4.94. The summed E-state index contributed by atoms with van der Waals surface area (Å²) < 4.78 is 52.2. The Morgan fingerprint density at radius 3 is 2.67 bits per heavy atom. The van der Waals surface area contributed by atoms with Crippen LogP contribution in [-0.2, 0) is 16.6 Å². The second-order valence-corrected chi connectivity index (χ2v) is 7.01. The topological polar surface area (TPSA) is 98.3 Å². The van der Waals surface area contributed by atoms with Crippen molar-refractivity contribution in [2.45, 2.75) is 24.9 Å². The van der Waals surface area contributed by atoms with Gasteiger partial charge in [0.1, 0.15) is 5.82 Å². The average Bonchev–Trinajstić information content (AvgIpc) is 2.95. The van der Waals surface area contributed by atoms with Gasteiger partial charge in [0, 0.05) is 31.6 Å². The smallest absolute Gasteiger partial charge is 0.277 e. The van der Waals surface area contributed by atoms with E-state index in [9.17, 15) is 27.3 Å². The van der Waals surface area contributed by atoms with E-state index >= 15 is 0 Å². The van der Waals surface area contributed by atoms with E-state index in [0.717, 1.165) is 22.8 Å². The molecule has 2 aromatic rings. The van der Waals surface area contributed by atoms with Crippen LogP contribution in [0, 0.1) is 17.0 Å². The fourth-order valence-corrected chi connectivity index (χ4v) is 3.44. The van der Waals surface area contributed by atoms with Crippen LogP contribution < -0.4 is 0 Å². The minimum Gasteiger partial charge on any atom is -0.277 e. The molecule has 0 amide bonds. The number of aromatic nitrogens is 2. The molecule has 24 heavy (non-hydrogen) atoms. The van der Waals surface area contributed by atoms with E-state index in [1.165, 1.54) is 26.1 Å². The summed E-state index contributed by atoms with van der Waals surface area (Å²) in [5.74, 6) is -0.140. The lowest BCUT2D eigenvalue weighted by atomic mass is 10.2. The van der Waals surface area contributed by atoms with E-state index in [1.807, 2.05) is 0 Å². The van der Waals surface area contributed by atoms with Gasteiger partial charge in [0.2, 0.25) is 10.0 Å². The van der Waals surface area contributed by atoms with E-state index in [0.29, 0.717) is 10.1 Å². The Morgan fingerprint density at radius 2 is 2.08 bits per heavy atom. The van der Waals surface area contributed by atoms with Gasteiger partial charge in [0.25, 0.3) is 5.69 Å². The lowest BCUT2D eigenvalue weighted by Crippen LogP contribution is -2.28. The highest BCUT2D eigenvalue weighted by atomic mass is 32.2. The first-order chi connectivity index (χ1) is 11.1. The maximum atomic E-state index is 12.8. The van der Waals surface area contributed by atoms with Crippen molar-refractivity contribution in [3.05, 3.63) is 52.1 Å². The monoisotopic (exact) mass is 360 g/mol. The molecule has 0 fully saturated rings. The van der Waals surface area contributed by atoms with Gasteiger partial charge in [-0.25, -0.2) is 13.4 Å². The molecule has 0 aliphatic carbocycles. The maximum absolute atomic E-state index is 12.8. The van der Waals surface area contributed by atoms with Crippen molar-refractivity contribution in [2.75, 3.05) is 7.05 Å². The molecule has 0 N–H and O–H groups in total. The Balaban J connectivity index is 2.38. The molecule has 0 spiro atoms. The number of aryl methyl sites for hydroxylation is 1. The Bertz CT molecular complexity index is 867. The van der Waals surface area contributed by atoms with Crippen molar-refractivity contribution >= 4 is 15.7 Å². The van der Waals surface area contributed by atoms with Crippen molar-refractivity contribution in [1.82, 2.24) is 13.9 Å². The molecule has 0 saturated heterocycles. The quantitative estimate of drug-likeness (QED) is 0.581. The second kappa shape index (κ2) is 6.61. The fourth-order valence-electron chi connectivity index (χ4n) is 2.08. The molecule has 8 nitrogen and oxygen atoms in total. The third kappa shape index (κ3) is 3.41. The number of non-ortho nitro benzene ring substituents is 1. The van der Waals surface area contributed by atoms with Gasteiger partial charge in [0.15, 0.2) is 0 Å². The first-order valence-electron chi connectivity index (χ1n) is 6.66. The van der Waals surface area contributed by atoms with Gasteiger partial charge in [0.05, 0.1) is 16.4 Å². The number of rotatable bonds is 6. The molecule has 1 heterocycles. The van der Waals surface area contributed by atoms with Gasteiger partial charge in [-0.1, -0.05) is 6.07 Å². The predicted octanol–water partition coefficient (Wildman–Crippen LogP) is 2.32. The highest BCUT2D eigenvalue weighted by Gasteiger charge is 2.27. The first-order valence-corrected chi connectivity index (χ1v) is 8.10. The van der Waals surface area contributed by atoms with Crippen molar-refractivity contribution < 1.29 is 22.1 Å². The number of alkyl halides is 2. The third-order valence-electron chi connectivity index (χ3n) is 3.39. The Morgan fingerprint density at radius 1 is 1.42 bits per heavy atom. The van der Waals surface area contributed by atoms with Crippen LogP contribution in [0.25, 0.3) is 0 Å². The molecular formula is C13H14F2N4O4S. The summed E-state index contributed by atoms with van der Waals surface area (Å²) in [6.45, 7) is -1.76. The largest absolute Gasteiger partial charge is 0.319 e. The van der Waals surface area contributed by atoms with E-state index in [1.54, 1.807) is 0 Å². The summed E-state index contributed by atoms with van der Waals surface area (Å²) in [5.41, 5.74) is -0.0636. The zero-order valence-electron chi connectivity index (χ0n) is 12.8. The lowest BCUT2D eigenvalue weighted by molar-refractivity contribution is -0.385. The summed E-state index contributed by atoms with van der Waals surface area (Å²) in [4.78, 5) is 13.6. The molecule has 0 bridgehead atoms. The van der Waals surface area contributed by atoms with Gasteiger partial charge >= 0.3 is 6.55 Å². The Labute approximate surface area is 136 Å². The summed E-state index contributed by atoms with van der Waals surface area (Å²) in [6.07, 6.45) is 2.18. The molecule has 0 atom stereocenters. The van der Waals surface area contributed by atoms with Gasteiger partial charge in [-0.15, -0.1) is 0 Å². The third-order valence-corrected chi connectivity index (χ3v) is 5.34. The van der Waals surface area contributed by atoms with Crippen molar-refractivity contribution in [3.8, 4) is 0 Å². The highest BCUT2D eigenvalue weighted by molar-refractivity contribution is 7.89. The van der Waals surface area contributed by atoms with Gasteiger partial charge in [-0.2, -0.15) is 13.1 Å². The van der Waals surface area contributed by atoms with Crippen LogP contribution in [-0.4, -0.2) is 34.2 Å². The zero-order valence-corrected chi connectivity index (χ0v) is 13.6. The Hall–Kier alpha value is -2.40. The van der Waals surface area contributed by atoms with Crippen molar-refractivity contribution in [3.63, 3.8) is 0 Å².